The number of rotatable bonds is 9. The van der Waals surface area contributed by atoms with Crippen LogP contribution in [0.4, 0.5) is 11.4 Å². The molecule has 0 aromatic heterocycles. The van der Waals surface area contributed by atoms with Crippen LogP contribution in [0.3, 0.4) is 0 Å². The largest absolute Gasteiger partial charge is 0.493 e. The van der Waals surface area contributed by atoms with Crippen molar-refractivity contribution in [2.75, 3.05) is 25.6 Å². The summed E-state index contributed by atoms with van der Waals surface area (Å²) in [7, 11) is 1.51. The number of carbonyl (C=O) groups excluding carboxylic acids is 2. The van der Waals surface area contributed by atoms with Crippen molar-refractivity contribution in [1.82, 2.24) is 0 Å². The summed E-state index contributed by atoms with van der Waals surface area (Å²) < 4.78 is 15.8. The zero-order valence-corrected chi connectivity index (χ0v) is 16.4. The second-order valence-corrected chi connectivity index (χ2v) is 6.23. The zero-order chi connectivity index (χ0) is 20.5. The minimum atomic E-state index is -0.604. The summed E-state index contributed by atoms with van der Waals surface area (Å²) in [6.45, 7) is -0.425. The fraction of sp³-hybridized carbons (Fsp3) is 0.222. The summed E-state index contributed by atoms with van der Waals surface area (Å²) in [5, 5.41) is 13.2. The van der Waals surface area contributed by atoms with Gasteiger partial charge < -0.3 is 19.5 Å². The quantitative estimate of drug-likeness (QED) is 0.352. The number of nitrogens with one attached hydrogen (secondary N) is 1. The molecule has 0 aliphatic carbocycles. The molecule has 0 heterocycles. The average Bonchev–Trinajstić information content (AvgIpc) is 2.68. The number of hydrogen-bond acceptors (Lipinski definition) is 7. The Labute approximate surface area is 168 Å². The van der Waals surface area contributed by atoms with Crippen molar-refractivity contribution in [3.05, 3.63) is 57.1 Å². The fourth-order valence-electron chi connectivity index (χ4n) is 2.11. The third-order valence-corrected chi connectivity index (χ3v) is 4.09. The number of nitro benzene ring substituents is 1. The molecule has 1 amide bonds. The highest BCUT2D eigenvalue weighted by atomic mass is 79.9. The summed E-state index contributed by atoms with van der Waals surface area (Å²) in [6, 6.07) is 10.9. The second kappa shape index (κ2) is 10.3. The van der Waals surface area contributed by atoms with Gasteiger partial charge in [-0.2, -0.15) is 0 Å². The van der Waals surface area contributed by atoms with Crippen LogP contribution in [0, 0.1) is 10.1 Å². The van der Waals surface area contributed by atoms with Crippen LogP contribution in [-0.4, -0.2) is 37.1 Å². The van der Waals surface area contributed by atoms with Crippen LogP contribution in [0.25, 0.3) is 0 Å². The number of methoxy groups -OCH3 is 1. The topological polar surface area (TPSA) is 117 Å². The Morgan fingerprint density at radius 1 is 1.18 bits per heavy atom. The van der Waals surface area contributed by atoms with Crippen LogP contribution >= 0.6 is 15.9 Å². The third-order valence-electron chi connectivity index (χ3n) is 3.43. The maximum Gasteiger partial charge on any atom is 0.309 e. The molecule has 10 heteroatoms. The molecule has 0 aliphatic heterocycles. The highest BCUT2D eigenvalue weighted by Gasteiger charge is 2.13. The fourth-order valence-corrected chi connectivity index (χ4v) is 2.57. The predicted molar refractivity (Wildman–Crippen MR) is 103 cm³/mol. The Bertz CT molecular complexity index is 873. The number of para-hydroxylation sites is 2. The van der Waals surface area contributed by atoms with Crippen LogP contribution in [0.15, 0.2) is 46.9 Å². The maximum atomic E-state index is 11.9. The van der Waals surface area contributed by atoms with Crippen LogP contribution in [0.1, 0.15) is 6.42 Å². The van der Waals surface area contributed by atoms with E-state index >= 15 is 0 Å². The molecule has 0 bridgehead atoms. The Hall–Kier alpha value is -3.14. The lowest BCUT2D eigenvalue weighted by Gasteiger charge is -2.10. The number of carbonyl (C=O) groups is 2. The Kier molecular flexibility index (Phi) is 7.76. The molecule has 0 aliphatic rings. The molecule has 1 N–H and O–H groups in total. The van der Waals surface area contributed by atoms with Gasteiger partial charge in [-0.25, -0.2) is 0 Å². The molecule has 2 rings (SSSR count). The first-order valence-electron chi connectivity index (χ1n) is 8.06. The summed E-state index contributed by atoms with van der Waals surface area (Å²) in [5.41, 5.74) is 0.206. The number of esters is 1. The molecule has 2 aromatic carbocycles. The minimum absolute atomic E-state index is 0.0491. The number of ether oxygens (including phenoxy) is 3. The van der Waals surface area contributed by atoms with Crippen LogP contribution in [0.2, 0.25) is 0 Å². The van der Waals surface area contributed by atoms with Crippen LogP contribution < -0.4 is 14.8 Å². The van der Waals surface area contributed by atoms with Gasteiger partial charge in [0.25, 0.3) is 11.6 Å². The number of non-ortho nitro benzene ring substituents is 1. The van der Waals surface area contributed by atoms with Crippen molar-refractivity contribution in [3.63, 3.8) is 0 Å². The van der Waals surface area contributed by atoms with Gasteiger partial charge in [0.15, 0.2) is 18.1 Å². The highest BCUT2D eigenvalue weighted by molar-refractivity contribution is 9.10. The van der Waals surface area contributed by atoms with E-state index in [0.717, 1.165) is 0 Å². The van der Waals surface area contributed by atoms with Crippen molar-refractivity contribution in [1.29, 1.82) is 0 Å². The lowest BCUT2D eigenvalue weighted by Crippen LogP contribution is -2.21. The lowest BCUT2D eigenvalue weighted by molar-refractivity contribution is -0.384. The molecular weight excluding hydrogens is 436 g/mol. The summed E-state index contributed by atoms with van der Waals surface area (Å²) in [6.07, 6.45) is -0.0491. The molecule has 0 atom stereocenters. The van der Waals surface area contributed by atoms with Gasteiger partial charge in [-0.1, -0.05) is 12.1 Å². The van der Waals surface area contributed by atoms with E-state index < -0.39 is 23.4 Å². The molecule has 2 aromatic rings. The molecule has 0 fully saturated rings. The SMILES string of the molecule is COc1ccccc1OCCC(=O)OCC(=O)Nc1ccc([N+](=O)[O-])cc1Br. The van der Waals surface area contributed by atoms with E-state index in [2.05, 4.69) is 21.2 Å². The number of nitro groups is 1. The van der Waals surface area contributed by atoms with E-state index in [-0.39, 0.29) is 18.7 Å². The van der Waals surface area contributed by atoms with E-state index in [4.69, 9.17) is 14.2 Å². The molecular formula is C18H17BrN2O7. The van der Waals surface area contributed by atoms with E-state index in [0.29, 0.717) is 21.7 Å². The van der Waals surface area contributed by atoms with Gasteiger partial charge in [0, 0.05) is 16.6 Å². The smallest absolute Gasteiger partial charge is 0.309 e. The summed E-state index contributed by atoms with van der Waals surface area (Å²) in [4.78, 5) is 33.8. The van der Waals surface area contributed by atoms with Crippen molar-refractivity contribution in [3.8, 4) is 11.5 Å². The molecule has 0 unspecified atom stereocenters. The molecule has 0 saturated carbocycles. The van der Waals surface area contributed by atoms with Crippen molar-refractivity contribution in [2.24, 2.45) is 0 Å². The molecule has 0 saturated heterocycles. The first-order chi connectivity index (χ1) is 13.4. The molecule has 0 radical (unpaired) electrons. The van der Waals surface area contributed by atoms with Gasteiger partial charge in [-0.15, -0.1) is 0 Å². The molecule has 0 spiro atoms. The van der Waals surface area contributed by atoms with E-state index in [9.17, 15) is 19.7 Å². The van der Waals surface area contributed by atoms with Gasteiger partial charge in [-0.05, 0) is 34.1 Å². The van der Waals surface area contributed by atoms with Crippen molar-refractivity contribution >= 4 is 39.2 Å². The zero-order valence-electron chi connectivity index (χ0n) is 14.8. The molecule has 9 nitrogen and oxygen atoms in total. The second-order valence-electron chi connectivity index (χ2n) is 5.38. The van der Waals surface area contributed by atoms with Crippen molar-refractivity contribution in [2.45, 2.75) is 6.42 Å². The molecule has 148 valence electrons. The summed E-state index contributed by atoms with van der Waals surface area (Å²) in [5.74, 6) is -0.135. The lowest BCUT2D eigenvalue weighted by atomic mass is 10.3. The summed E-state index contributed by atoms with van der Waals surface area (Å²) >= 11 is 3.14. The van der Waals surface area contributed by atoms with Crippen LogP contribution in [0.5, 0.6) is 11.5 Å². The average molecular weight is 453 g/mol. The van der Waals surface area contributed by atoms with Gasteiger partial charge in [0.2, 0.25) is 0 Å². The monoisotopic (exact) mass is 452 g/mol. The van der Waals surface area contributed by atoms with Crippen molar-refractivity contribution < 1.29 is 28.7 Å². The third kappa shape index (κ3) is 6.23. The number of amides is 1. The standard InChI is InChI=1S/C18H17BrN2O7/c1-26-15-4-2-3-5-16(15)27-9-8-18(23)28-11-17(22)20-14-7-6-12(21(24)25)10-13(14)19/h2-7,10H,8-9,11H2,1H3,(H,20,22). The number of anilines is 1. The molecule has 28 heavy (non-hydrogen) atoms. The number of hydrogen-bond donors (Lipinski definition) is 1. The Balaban J connectivity index is 1.75. The van der Waals surface area contributed by atoms with Gasteiger partial charge in [-0.3, -0.25) is 19.7 Å². The first kappa shape index (κ1) is 21.2. The Morgan fingerprint density at radius 3 is 2.54 bits per heavy atom. The first-order valence-corrected chi connectivity index (χ1v) is 8.85. The predicted octanol–water partition coefficient (Wildman–Crippen LogP) is 3.32. The van der Waals surface area contributed by atoms with Gasteiger partial charge in [0.1, 0.15) is 0 Å². The Morgan fingerprint density at radius 2 is 1.89 bits per heavy atom. The van der Waals surface area contributed by atoms with E-state index in [1.54, 1.807) is 24.3 Å². The number of halogens is 1. The number of nitrogens with zero attached hydrogens (tertiary/aromatic N) is 1. The number of benzene rings is 2. The van der Waals surface area contributed by atoms with Gasteiger partial charge >= 0.3 is 5.97 Å². The maximum absolute atomic E-state index is 11.9. The van der Waals surface area contributed by atoms with Gasteiger partial charge in [0.05, 0.1) is 30.7 Å². The normalized spacial score (nSPS) is 10.1. The van der Waals surface area contributed by atoms with E-state index in [1.807, 2.05) is 0 Å². The van der Waals surface area contributed by atoms with E-state index in [1.165, 1.54) is 25.3 Å². The highest BCUT2D eigenvalue weighted by Crippen LogP contribution is 2.27. The minimum Gasteiger partial charge on any atom is -0.493 e. The van der Waals surface area contributed by atoms with Crippen LogP contribution in [-0.2, 0) is 14.3 Å².